The third-order valence-corrected chi connectivity index (χ3v) is 7.53. The number of benzene rings is 2. The maximum absolute atomic E-state index is 12.7. The molecule has 0 aliphatic rings. The van der Waals surface area contributed by atoms with Gasteiger partial charge >= 0.3 is 0 Å². The van der Waals surface area contributed by atoms with Gasteiger partial charge in [0.15, 0.2) is 5.16 Å². The van der Waals surface area contributed by atoms with Crippen LogP contribution in [0.5, 0.6) is 0 Å². The van der Waals surface area contributed by atoms with Gasteiger partial charge in [-0.1, -0.05) is 23.9 Å². The van der Waals surface area contributed by atoms with Crippen molar-refractivity contribution < 1.29 is 13.2 Å². The van der Waals surface area contributed by atoms with E-state index in [1.54, 1.807) is 45.2 Å². The number of nitrogens with one attached hydrogen (secondary N) is 2. The molecule has 0 fully saturated rings. The van der Waals surface area contributed by atoms with Crippen LogP contribution in [-0.4, -0.2) is 39.6 Å². The molecule has 0 aliphatic carbocycles. The molecule has 1 amide bonds. The number of anilines is 2. The number of para-hydroxylation sites is 1. The summed E-state index contributed by atoms with van der Waals surface area (Å²) >= 11 is 1.32. The SMILES string of the molecule is Cc1cc(C)nc(NS(=O)(=O)c2ccc(NC(=O)CCSc3nc4ccccc4c(=O)n3C)cc2)n1. The summed E-state index contributed by atoms with van der Waals surface area (Å²) in [6, 6.07) is 14.7. The first-order valence-electron chi connectivity index (χ1n) is 11.0. The predicted molar refractivity (Wildman–Crippen MR) is 140 cm³/mol. The number of carbonyl (C=O) groups excluding carboxylic acids is 1. The van der Waals surface area contributed by atoms with E-state index in [9.17, 15) is 18.0 Å². The molecule has 2 N–H and O–H groups in total. The van der Waals surface area contributed by atoms with E-state index < -0.39 is 10.0 Å². The Morgan fingerprint density at radius 2 is 1.67 bits per heavy atom. The first kappa shape index (κ1) is 25.3. The second-order valence-corrected chi connectivity index (χ2v) is 10.8. The molecular formula is C24H24N6O4S2. The zero-order chi connectivity index (χ0) is 25.9. The Bertz CT molecular complexity index is 1580. The molecule has 4 rings (SSSR count). The zero-order valence-electron chi connectivity index (χ0n) is 19.8. The first-order chi connectivity index (χ1) is 17.1. The predicted octanol–water partition coefficient (Wildman–Crippen LogP) is 3.26. The highest BCUT2D eigenvalue weighted by molar-refractivity contribution is 7.99. The van der Waals surface area contributed by atoms with Crippen LogP contribution in [0.2, 0.25) is 0 Å². The van der Waals surface area contributed by atoms with Crippen LogP contribution in [0.1, 0.15) is 17.8 Å². The van der Waals surface area contributed by atoms with Crippen molar-refractivity contribution in [2.24, 2.45) is 7.05 Å². The average Bonchev–Trinajstić information content (AvgIpc) is 2.81. The van der Waals surface area contributed by atoms with E-state index in [4.69, 9.17) is 0 Å². The summed E-state index contributed by atoms with van der Waals surface area (Å²) in [7, 11) is -2.23. The number of carbonyl (C=O) groups is 1. The fourth-order valence-electron chi connectivity index (χ4n) is 3.45. The summed E-state index contributed by atoms with van der Waals surface area (Å²) in [5, 5.41) is 3.82. The van der Waals surface area contributed by atoms with Crippen LogP contribution >= 0.6 is 11.8 Å². The molecule has 0 atom stereocenters. The lowest BCUT2D eigenvalue weighted by Gasteiger charge is -2.10. The average molecular weight is 525 g/mol. The molecule has 0 bridgehead atoms. The molecular weight excluding hydrogens is 500 g/mol. The molecule has 10 nitrogen and oxygen atoms in total. The minimum atomic E-state index is -3.89. The normalized spacial score (nSPS) is 11.4. The van der Waals surface area contributed by atoms with Gasteiger partial charge in [0.2, 0.25) is 11.9 Å². The van der Waals surface area contributed by atoms with Crippen LogP contribution in [-0.2, 0) is 21.9 Å². The fraction of sp³-hybridized carbons (Fsp3) is 0.208. The van der Waals surface area contributed by atoms with Gasteiger partial charge in [0.1, 0.15) is 0 Å². The minimum Gasteiger partial charge on any atom is -0.326 e. The van der Waals surface area contributed by atoms with Crippen molar-refractivity contribution in [2.45, 2.75) is 30.3 Å². The Labute approximate surface area is 212 Å². The molecule has 0 radical (unpaired) electrons. The molecule has 12 heteroatoms. The van der Waals surface area contributed by atoms with E-state index in [-0.39, 0.29) is 28.7 Å². The Morgan fingerprint density at radius 1 is 1.00 bits per heavy atom. The van der Waals surface area contributed by atoms with Gasteiger partial charge in [-0.15, -0.1) is 0 Å². The van der Waals surface area contributed by atoms with E-state index in [1.165, 1.54) is 40.6 Å². The highest BCUT2D eigenvalue weighted by Gasteiger charge is 2.16. The molecule has 0 aliphatic heterocycles. The van der Waals surface area contributed by atoms with Crippen LogP contribution in [0.15, 0.2) is 69.4 Å². The molecule has 36 heavy (non-hydrogen) atoms. The van der Waals surface area contributed by atoms with Crippen molar-refractivity contribution in [1.82, 2.24) is 19.5 Å². The molecule has 4 aromatic rings. The summed E-state index contributed by atoms with van der Waals surface area (Å²) in [5.74, 6) is 0.169. The third kappa shape index (κ3) is 5.89. The van der Waals surface area contributed by atoms with Crippen LogP contribution in [0.4, 0.5) is 11.6 Å². The Hall–Kier alpha value is -3.77. The number of aryl methyl sites for hydroxylation is 2. The van der Waals surface area contributed by atoms with E-state index in [2.05, 4.69) is 25.0 Å². The monoisotopic (exact) mass is 524 g/mol. The van der Waals surface area contributed by atoms with Crippen LogP contribution < -0.4 is 15.6 Å². The quantitative estimate of drug-likeness (QED) is 0.265. The number of nitrogens with zero attached hydrogens (tertiary/aromatic N) is 4. The second-order valence-electron chi connectivity index (χ2n) is 8.03. The lowest BCUT2D eigenvalue weighted by atomic mass is 10.2. The Balaban J connectivity index is 1.35. The molecule has 186 valence electrons. The number of hydrogen-bond acceptors (Lipinski definition) is 8. The molecule has 2 heterocycles. The Kier molecular flexibility index (Phi) is 7.36. The van der Waals surface area contributed by atoms with Crippen LogP contribution in [0, 0.1) is 13.8 Å². The second kappa shape index (κ2) is 10.5. The van der Waals surface area contributed by atoms with E-state index in [0.29, 0.717) is 38.9 Å². The summed E-state index contributed by atoms with van der Waals surface area (Å²) in [6.45, 7) is 3.50. The lowest BCUT2D eigenvalue weighted by Crippen LogP contribution is -2.20. The lowest BCUT2D eigenvalue weighted by molar-refractivity contribution is -0.115. The van der Waals surface area contributed by atoms with Gasteiger partial charge in [-0.2, -0.15) is 0 Å². The maximum Gasteiger partial charge on any atom is 0.264 e. The van der Waals surface area contributed by atoms with Crippen molar-refractivity contribution in [1.29, 1.82) is 0 Å². The van der Waals surface area contributed by atoms with E-state index >= 15 is 0 Å². The number of thioether (sulfide) groups is 1. The van der Waals surface area contributed by atoms with E-state index in [0.717, 1.165) is 0 Å². The molecule has 0 saturated carbocycles. The molecule has 2 aromatic heterocycles. The van der Waals surface area contributed by atoms with Crippen molar-refractivity contribution in [2.75, 3.05) is 15.8 Å². The zero-order valence-corrected chi connectivity index (χ0v) is 21.5. The fourth-order valence-corrected chi connectivity index (χ4v) is 5.31. The van der Waals surface area contributed by atoms with Gasteiger partial charge in [0, 0.05) is 36.3 Å². The number of rotatable bonds is 8. The van der Waals surface area contributed by atoms with Crippen molar-refractivity contribution in [3.8, 4) is 0 Å². The molecule has 0 unspecified atom stereocenters. The maximum atomic E-state index is 12.7. The van der Waals surface area contributed by atoms with Gasteiger partial charge in [0.25, 0.3) is 15.6 Å². The standard InChI is InChI=1S/C24H24N6O4S2/c1-15-14-16(2)26-23(25-15)29-36(33,34)18-10-8-17(9-11-18)27-21(31)12-13-35-24-28-20-7-5-4-6-19(20)22(32)30(24)3/h4-11,14H,12-13H2,1-3H3,(H,27,31)(H,25,26,29). The number of hydrogen-bond donors (Lipinski definition) is 2. The summed E-state index contributed by atoms with van der Waals surface area (Å²) in [4.78, 5) is 37.6. The smallest absolute Gasteiger partial charge is 0.264 e. The molecule has 2 aromatic carbocycles. The highest BCUT2D eigenvalue weighted by Crippen LogP contribution is 2.20. The Morgan fingerprint density at radius 3 is 2.36 bits per heavy atom. The van der Waals surface area contributed by atoms with Gasteiger partial charge in [-0.05, 0) is 56.3 Å². The number of sulfonamides is 1. The third-order valence-electron chi connectivity index (χ3n) is 5.16. The number of amides is 1. The van der Waals surface area contributed by atoms with E-state index in [1.807, 2.05) is 6.07 Å². The van der Waals surface area contributed by atoms with Gasteiger partial charge < -0.3 is 5.32 Å². The van der Waals surface area contributed by atoms with Crippen LogP contribution in [0.25, 0.3) is 10.9 Å². The summed E-state index contributed by atoms with van der Waals surface area (Å²) in [5.41, 5.74) is 2.23. The first-order valence-corrected chi connectivity index (χ1v) is 13.4. The highest BCUT2D eigenvalue weighted by atomic mass is 32.2. The largest absolute Gasteiger partial charge is 0.326 e. The van der Waals surface area contributed by atoms with Crippen LogP contribution in [0.3, 0.4) is 0 Å². The number of fused-ring (bicyclic) bond motifs is 1. The topological polar surface area (TPSA) is 136 Å². The molecule has 0 spiro atoms. The minimum absolute atomic E-state index is 0.000725. The van der Waals surface area contributed by atoms with Crippen molar-refractivity contribution in [3.05, 3.63) is 76.3 Å². The summed E-state index contributed by atoms with van der Waals surface area (Å²) < 4.78 is 29.2. The van der Waals surface area contributed by atoms with Crippen molar-refractivity contribution >= 4 is 50.2 Å². The van der Waals surface area contributed by atoms with Gasteiger partial charge in [-0.3, -0.25) is 14.2 Å². The van der Waals surface area contributed by atoms with Gasteiger partial charge in [0.05, 0.1) is 15.8 Å². The number of aromatic nitrogens is 4. The summed E-state index contributed by atoms with van der Waals surface area (Å²) in [6.07, 6.45) is 0.180. The van der Waals surface area contributed by atoms with Gasteiger partial charge in [-0.25, -0.2) is 28.1 Å². The molecule has 0 saturated heterocycles. The van der Waals surface area contributed by atoms with Crippen molar-refractivity contribution in [3.63, 3.8) is 0 Å².